The SMILES string of the molecule is COc1cc(C(=O)OCC(=O)N(C)C(C)C)ccc1N. The van der Waals surface area contributed by atoms with E-state index in [9.17, 15) is 9.59 Å². The van der Waals surface area contributed by atoms with Gasteiger partial charge in [-0.15, -0.1) is 0 Å². The number of methoxy groups -OCH3 is 1. The molecule has 6 nitrogen and oxygen atoms in total. The van der Waals surface area contributed by atoms with E-state index >= 15 is 0 Å². The highest BCUT2D eigenvalue weighted by molar-refractivity contribution is 5.92. The molecule has 1 aromatic carbocycles. The molecule has 1 rings (SSSR count). The van der Waals surface area contributed by atoms with Crippen molar-refractivity contribution in [3.8, 4) is 5.75 Å². The van der Waals surface area contributed by atoms with Crippen LogP contribution in [-0.4, -0.2) is 43.6 Å². The van der Waals surface area contributed by atoms with Crippen LogP contribution in [0.3, 0.4) is 0 Å². The zero-order chi connectivity index (χ0) is 15.3. The van der Waals surface area contributed by atoms with Gasteiger partial charge in [-0.05, 0) is 32.0 Å². The third kappa shape index (κ3) is 3.88. The van der Waals surface area contributed by atoms with Gasteiger partial charge in [-0.2, -0.15) is 0 Å². The second-order valence-corrected chi connectivity index (χ2v) is 4.63. The van der Waals surface area contributed by atoms with Crippen molar-refractivity contribution in [2.45, 2.75) is 19.9 Å². The first kappa shape index (κ1) is 15.8. The number of nitrogens with zero attached hydrogens (tertiary/aromatic N) is 1. The number of nitrogen functional groups attached to an aromatic ring is 1. The molecule has 0 spiro atoms. The van der Waals surface area contributed by atoms with Crippen molar-refractivity contribution in [1.82, 2.24) is 4.90 Å². The molecule has 1 aromatic rings. The van der Waals surface area contributed by atoms with Crippen molar-refractivity contribution in [1.29, 1.82) is 0 Å². The molecule has 0 saturated heterocycles. The number of esters is 1. The molecule has 0 heterocycles. The number of nitrogens with two attached hydrogens (primary N) is 1. The van der Waals surface area contributed by atoms with Crippen LogP contribution in [-0.2, 0) is 9.53 Å². The quantitative estimate of drug-likeness (QED) is 0.649. The molecular weight excluding hydrogens is 260 g/mol. The molecule has 20 heavy (non-hydrogen) atoms. The highest BCUT2D eigenvalue weighted by atomic mass is 16.5. The summed E-state index contributed by atoms with van der Waals surface area (Å²) in [4.78, 5) is 25.0. The first-order valence-electron chi connectivity index (χ1n) is 6.23. The van der Waals surface area contributed by atoms with E-state index in [4.69, 9.17) is 15.2 Å². The topological polar surface area (TPSA) is 81.9 Å². The van der Waals surface area contributed by atoms with Crippen molar-refractivity contribution in [2.24, 2.45) is 0 Å². The van der Waals surface area contributed by atoms with E-state index in [1.807, 2.05) is 13.8 Å². The second-order valence-electron chi connectivity index (χ2n) is 4.63. The van der Waals surface area contributed by atoms with Gasteiger partial charge in [0.15, 0.2) is 6.61 Å². The number of amides is 1. The summed E-state index contributed by atoms with van der Waals surface area (Å²) < 4.78 is 10.00. The highest BCUT2D eigenvalue weighted by Gasteiger charge is 2.16. The lowest BCUT2D eigenvalue weighted by atomic mass is 10.2. The van der Waals surface area contributed by atoms with E-state index in [-0.39, 0.29) is 24.1 Å². The Labute approximate surface area is 118 Å². The molecule has 2 N–H and O–H groups in total. The predicted octanol–water partition coefficient (Wildman–Crippen LogP) is 1.30. The second kappa shape index (κ2) is 6.79. The zero-order valence-electron chi connectivity index (χ0n) is 12.2. The van der Waals surface area contributed by atoms with Crippen LogP contribution in [0.1, 0.15) is 24.2 Å². The van der Waals surface area contributed by atoms with E-state index in [0.717, 1.165) is 0 Å². The van der Waals surface area contributed by atoms with Crippen molar-refractivity contribution >= 4 is 17.6 Å². The van der Waals surface area contributed by atoms with Gasteiger partial charge < -0.3 is 20.1 Å². The van der Waals surface area contributed by atoms with Gasteiger partial charge in [0.25, 0.3) is 5.91 Å². The lowest BCUT2D eigenvalue weighted by molar-refractivity contribution is -0.134. The third-order valence-corrected chi connectivity index (χ3v) is 2.96. The largest absolute Gasteiger partial charge is 0.495 e. The summed E-state index contributed by atoms with van der Waals surface area (Å²) in [7, 11) is 3.12. The molecule has 0 aromatic heterocycles. The third-order valence-electron chi connectivity index (χ3n) is 2.96. The van der Waals surface area contributed by atoms with Crippen LogP contribution in [0.4, 0.5) is 5.69 Å². The molecule has 110 valence electrons. The average Bonchev–Trinajstić information content (AvgIpc) is 2.43. The average molecular weight is 280 g/mol. The molecule has 0 atom stereocenters. The molecule has 1 amide bonds. The van der Waals surface area contributed by atoms with Gasteiger partial charge in [-0.3, -0.25) is 4.79 Å². The number of benzene rings is 1. The minimum Gasteiger partial charge on any atom is -0.495 e. The van der Waals surface area contributed by atoms with Crippen LogP contribution in [0, 0.1) is 0 Å². The summed E-state index contributed by atoms with van der Waals surface area (Å²) in [5.74, 6) is -0.449. The number of rotatable bonds is 5. The van der Waals surface area contributed by atoms with Gasteiger partial charge in [0.1, 0.15) is 5.75 Å². The van der Waals surface area contributed by atoms with E-state index in [1.165, 1.54) is 24.1 Å². The Bertz CT molecular complexity index is 500. The summed E-state index contributed by atoms with van der Waals surface area (Å²) >= 11 is 0. The van der Waals surface area contributed by atoms with Gasteiger partial charge in [0.05, 0.1) is 18.4 Å². The summed E-state index contributed by atoms with van der Waals surface area (Å²) in [6.45, 7) is 3.47. The standard InChI is InChI=1S/C14H20N2O4/c1-9(2)16(3)13(17)8-20-14(18)10-5-6-11(15)12(7-10)19-4/h5-7,9H,8,15H2,1-4H3. The number of carbonyl (C=O) groups is 2. The summed E-state index contributed by atoms with van der Waals surface area (Å²) in [5.41, 5.74) is 6.38. The van der Waals surface area contributed by atoms with Gasteiger partial charge in [0, 0.05) is 13.1 Å². The lowest BCUT2D eigenvalue weighted by Gasteiger charge is -2.21. The smallest absolute Gasteiger partial charge is 0.338 e. The van der Waals surface area contributed by atoms with Crippen LogP contribution in [0.15, 0.2) is 18.2 Å². The fraction of sp³-hybridized carbons (Fsp3) is 0.429. The zero-order valence-corrected chi connectivity index (χ0v) is 12.2. The Balaban J connectivity index is 2.66. The fourth-order valence-electron chi connectivity index (χ4n) is 1.44. The Morgan fingerprint density at radius 2 is 2.00 bits per heavy atom. The van der Waals surface area contributed by atoms with Crippen LogP contribution in [0.2, 0.25) is 0 Å². The monoisotopic (exact) mass is 280 g/mol. The number of hydrogen-bond donors (Lipinski definition) is 1. The Morgan fingerprint density at radius 3 is 2.55 bits per heavy atom. The van der Waals surface area contributed by atoms with E-state index in [1.54, 1.807) is 13.1 Å². The lowest BCUT2D eigenvalue weighted by Crippen LogP contribution is -2.36. The molecule has 0 radical (unpaired) electrons. The molecule has 0 bridgehead atoms. The fourth-order valence-corrected chi connectivity index (χ4v) is 1.44. The molecular formula is C14H20N2O4. The Hall–Kier alpha value is -2.24. The number of likely N-dealkylation sites (N-methyl/N-ethyl adjacent to an activating group) is 1. The van der Waals surface area contributed by atoms with Crippen LogP contribution >= 0.6 is 0 Å². The first-order valence-corrected chi connectivity index (χ1v) is 6.23. The van der Waals surface area contributed by atoms with Gasteiger partial charge in [-0.25, -0.2) is 4.79 Å². The maximum absolute atomic E-state index is 11.8. The van der Waals surface area contributed by atoms with E-state index in [2.05, 4.69) is 0 Å². The van der Waals surface area contributed by atoms with E-state index < -0.39 is 5.97 Å². The molecule has 0 saturated carbocycles. The molecule has 6 heteroatoms. The van der Waals surface area contributed by atoms with Gasteiger partial charge in [0.2, 0.25) is 0 Å². The minimum absolute atomic E-state index is 0.0535. The van der Waals surface area contributed by atoms with Crippen LogP contribution in [0.5, 0.6) is 5.75 Å². The maximum Gasteiger partial charge on any atom is 0.338 e. The predicted molar refractivity (Wildman–Crippen MR) is 75.6 cm³/mol. The molecule has 0 aliphatic heterocycles. The number of carbonyl (C=O) groups excluding carboxylic acids is 2. The summed E-state index contributed by atoms with van der Waals surface area (Å²) in [5, 5.41) is 0. The van der Waals surface area contributed by atoms with Gasteiger partial charge in [-0.1, -0.05) is 0 Å². The summed E-state index contributed by atoms with van der Waals surface area (Å²) in [6.07, 6.45) is 0. The van der Waals surface area contributed by atoms with Crippen molar-refractivity contribution < 1.29 is 19.1 Å². The molecule has 0 fully saturated rings. The number of hydrogen-bond acceptors (Lipinski definition) is 5. The Morgan fingerprint density at radius 1 is 1.35 bits per heavy atom. The normalized spacial score (nSPS) is 10.2. The van der Waals surface area contributed by atoms with Crippen molar-refractivity contribution in [3.05, 3.63) is 23.8 Å². The molecule has 0 unspecified atom stereocenters. The number of ether oxygens (including phenoxy) is 2. The molecule has 0 aliphatic carbocycles. The maximum atomic E-state index is 11.8. The molecule has 0 aliphatic rings. The van der Waals surface area contributed by atoms with Crippen molar-refractivity contribution in [2.75, 3.05) is 26.5 Å². The number of anilines is 1. The van der Waals surface area contributed by atoms with Gasteiger partial charge >= 0.3 is 5.97 Å². The van der Waals surface area contributed by atoms with Crippen LogP contribution < -0.4 is 10.5 Å². The van der Waals surface area contributed by atoms with Crippen LogP contribution in [0.25, 0.3) is 0 Å². The Kier molecular flexibility index (Phi) is 5.37. The first-order chi connectivity index (χ1) is 9.36. The highest BCUT2D eigenvalue weighted by Crippen LogP contribution is 2.22. The minimum atomic E-state index is -0.589. The summed E-state index contributed by atoms with van der Waals surface area (Å²) in [6, 6.07) is 4.61. The van der Waals surface area contributed by atoms with Crippen molar-refractivity contribution in [3.63, 3.8) is 0 Å². The van der Waals surface area contributed by atoms with E-state index in [0.29, 0.717) is 11.4 Å².